The second-order valence-corrected chi connectivity index (χ2v) is 10.2. The summed E-state index contributed by atoms with van der Waals surface area (Å²) in [4.78, 5) is 25.3. The molecule has 4 aromatic rings. The Balaban J connectivity index is 1.39. The van der Waals surface area contributed by atoms with Crippen molar-refractivity contribution in [1.82, 2.24) is 14.8 Å². The van der Waals surface area contributed by atoms with Crippen molar-refractivity contribution in [1.29, 1.82) is 0 Å². The largest absolute Gasteiger partial charge is 0.325 e. The van der Waals surface area contributed by atoms with Gasteiger partial charge >= 0.3 is 0 Å². The third kappa shape index (κ3) is 6.77. The standard InChI is InChI=1S/C30H31N5O2S/c1-5-26(29(37)32-25-17-11-20(2)19-21(25)3)38-30-34-33-28(35(30)4)23-13-15-24(16-14-23)31-27(36)18-12-22-9-7-6-8-10-22/h6-19,26H,5H2,1-4H3,(H,31,36)(H,32,37)/b18-12+. The van der Waals surface area contributed by atoms with Crippen molar-refractivity contribution in [2.45, 2.75) is 37.6 Å². The van der Waals surface area contributed by atoms with Gasteiger partial charge in [-0.05, 0) is 67.8 Å². The minimum absolute atomic E-state index is 0.0598. The molecular formula is C30H31N5O2S. The van der Waals surface area contributed by atoms with E-state index in [0.717, 1.165) is 27.9 Å². The number of aromatic nitrogens is 3. The molecule has 38 heavy (non-hydrogen) atoms. The van der Waals surface area contributed by atoms with E-state index in [1.807, 2.05) is 99.1 Å². The summed E-state index contributed by atoms with van der Waals surface area (Å²) in [6, 6.07) is 23.1. The van der Waals surface area contributed by atoms with E-state index in [0.29, 0.717) is 23.1 Å². The first-order chi connectivity index (χ1) is 18.3. The third-order valence-electron chi connectivity index (χ3n) is 6.02. The number of nitrogens with one attached hydrogen (secondary N) is 2. The molecule has 0 radical (unpaired) electrons. The fraction of sp³-hybridized carbons (Fsp3) is 0.200. The maximum absolute atomic E-state index is 13.0. The third-order valence-corrected chi connectivity index (χ3v) is 7.42. The van der Waals surface area contributed by atoms with Crippen molar-refractivity contribution in [3.8, 4) is 11.4 Å². The number of carbonyl (C=O) groups excluding carboxylic acids is 2. The van der Waals surface area contributed by atoms with E-state index in [4.69, 9.17) is 0 Å². The SMILES string of the molecule is CCC(Sc1nnc(-c2ccc(NC(=O)/C=C/c3ccccc3)cc2)n1C)C(=O)Nc1ccc(C)cc1C. The molecular weight excluding hydrogens is 494 g/mol. The Morgan fingerprint density at radius 2 is 1.71 bits per heavy atom. The quantitative estimate of drug-likeness (QED) is 0.199. The van der Waals surface area contributed by atoms with Gasteiger partial charge in [0.15, 0.2) is 11.0 Å². The van der Waals surface area contributed by atoms with E-state index in [9.17, 15) is 9.59 Å². The van der Waals surface area contributed by atoms with Crippen LogP contribution in [0.15, 0.2) is 84.0 Å². The highest BCUT2D eigenvalue weighted by molar-refractivity contribution is 8.00. The Hall–Kier alpha value is -4.17. The summed E-state index contributed by atoms with van der Waals surface area (Å²) in [5.41, 5.74) is 5.51. The Morgan fingerprint density at radius 1 is 0.974 bits per heavy atom. The van der Waals surface area contributed by atoms with Crippen molar-refractivity contribution in [3.05, 3.63) is 95.6 Å². The van der Waals surface area contributed by atoms with Gasteiger partial charge in [0, 0.05) is 30.1 Å². The number of anilines is 2. The van der Waals surface area contributed by atoms with Gasteiger partial charge in [-0.3, -0.25) is 9.59 Å². The molecule has 2 amide bonds. The van der Waals surface area contributed by atoms with E-state index in [1.165, 1.54) is 17.8 Å². The maximum Gasteiger partial charge on any atom is 0.248 e. The highest BCUT2D eigenvalue weighted by atomic mass is 32.2. The van der Waals surface area contributed by atoms with Crippen LogP contribution in [-0.4, -0.2) is 31.8 Å². The molecule has 0 spiro atoms. The van der Waals surface area contributed by atoms with Gasteiger partial charge < -0.3 is 15.2 Å². The average molecular weight is 526 g/mol. The molecule has 1 atom stereocenters. The maximum atomic E-state index is 13.0. The minimum Gasteiger partial charge on any atom is -0.325 e. The van der Waals surface area contributed by atoms with Crippen molar-refractivity contribution >= 4 is 41.0 Å². The highest BCUT2D eigenvalue weighted by Crippen LogP contribution is 2.29. The zero-order valence-electron chi connectivity index (χ0n) is 21.9. The van der Waals surface area contributed by atoms with Crippen LogP contribution in [-0.2, 0) is 16.6 Å². The number of benzene rings is 3. The van der Waals surface area contributed by atoms with Crippen molar-refractivity contribution in [2.24, 2.45) is 7.05 Å². The Labute approximate surface area is 227 Å². The van der Waals surface area contributed by atoms with Gasteiger partial charge in [-0.2, -0.15) is 0 Å². The summed E-state index contributed by atoms with van der Waals surface area (Å²) in [6.45, 7) is 6.01. The molecule has 1 unspecified atom stereocenters. The fourth-order valence-electron chi connectivity index (χ4n) is 3.91. The lowest BCUT2D eigenvalue weighted by atomic mass is 10.1. The van der Waals surface area contributed by atoms with Crippen LogP contribution in [0, 0.1) is 13.8 Å². The van der Waals surface area contributed by atoms with Crippen LogP contribution >= 0.6 is 11.8 Å². The number of amides is 2. The Morgan fingerprint density at radius 3 is 2.39 bits per heavy atom. The molecule has 0 aliphatic heterocycles. The van der Waals surface area contributed by atoms with E-state index in [2.05, 4.69) is 26.9 Å². The normalized spacial score (nSPS) is 11.9. The van der Waals surface area contributed by atoms with Gasteiger partial charge in [0.2, 0.25) is 11.8 Å². The predicted molar refractivity (Wildman–Crippen MR) is 155 cm³/mol. The van der Waals surface area contributed by atoms with Gasteiger partial charge in [-0.15, -0.1) is 10.2 Å². The van der Waals surface area contributed by atoms with Gasteiger partial charge in [0.25, 0.3) is 0 Å². The second-order valence-electron chi connectivity index (χ2n) is 9.00. The molecule has 0 aliphatic rings. The number of aryl methyl sites for hydroxylation is 2. The van der Waals surface area contributed by atoms with E-state index in [1.54, 1.807) is 6.08 Å². The van der Waals surface area contributed by atoms with Crippen LogP contribution in [0.5, 0.6) is 0 Å². The number of thioether (sulfide) groups is 1. The predicted octanol–water partition coefficient (Wildman–Crippen LogP) is 6.26. The summed E-state index contributed by atoms with van der Waals surface area (Å²) in [5.74, 6) is 0.415. The molecule has 4 rings (SSSR count). The second kappa shape index (κ2) is 12.4. The van der Waals surface area contributed by atoms with E-state index in [-0.39, 0.29) is 17.1 Å². The topological polar surface area (TPSA) is 88.9 Å². The molecule has 2 N–H and O–H groups in total. The summed E-state index contributed by atoms with van der Waals surface area (Å²) in [6.07, 6.45) is 3.93. The highest BCUT2D eigenvalue weighted by Gasteiger charge is 2.22. The minimum atomic E-state index is -0.312. The number of rotatable bonds is 9. The molecule has 0 saturated carbocycles. The first-order valence-corrected chi connectivity index (χ1v) is 13.3. The molecule has 194 valence electrons. The van der Waals surface area contributed by atoms with Gasteiger partial charge in [-0.25, -0.2) is 0 Å². The number of nitrogens with zero attached hydrogens (tertiary/aromatic N) is 3. The van der Waals surface area contributed by atoms with Crippen LogP contribution in [0.3, 0.4) is 0 Å². The van der Waals surface area contributed by atoms with E-state index >= 15 is 0 Å². The smallest absolute Gasteiger partial charge is 0.248 e. The van der Waals surface area contributed by atoms with Gasteiger partial charge in [-0.1, -0.05) is 66.7 Å². The Bertz CT molecular complexity index is 1450. The first kappa shape index (κ1) is 26.9. The lowest BCUT2D eigenvalue weighted by molar-refractivity contribution is -0.115. The zero-order chi connectivity index (χ0) is 27.1. The van der Waals surface area contributed by atoms with Crippen LogP contribution in [0.4, 0.5) is 11.4 Å². The van der Waals surface area contributed by atoms with Gasteiger partial charge in [0.1, 0.15) is 0 Å². The molecule has 0 saturated heterocycles. The first-order valence-electron chi connectivity index (χ1n) is 12.4. The molecule has 7 nitrogen and oxygen atoms in total. The van der Waals surface area contributed by atoms with Crippen molar-refractivity contribution < 1.29 is 9.59 Å². The van der Waals surface area contributed by atoms with E-state index < -0.39 is 0 Å². The number of carbonyl (C=O) groups is 2. The summed E-state index contributed by atoms with van der Waals surface area (Å²) >= 11 is 1.40. The summed E-state index contributed by atoms with van der Waals surface area (Å²) < 4.78 is 1.88. The van der Waals surface area contributed by atoms with Crippen molar-refractivity contribution in [3.63, 3.8) is 0 Å². The molecule has 3 aromatic carbocycles. The molecule has 8 heteroatoms. The zero-order valence-corrected chi connectivity index (χ0v) is 22.8. The molecule has 0 bridgehead atoms. The van der Waals surface area contributed by atoms with Gasteiger partial charge in [0.05, 0.1) is 5.25 Å². The summed E-state index contributed by atoms with van der Waals surface area (Å²) in [5, 5.41) is 15.0. The average Bonchev–Trinajstić information content (AvgIpc) is 3.28. The monoisotopic (exact) mass is 525 g/mol. The number of hydrogen-bond donors (Lipinski definition) is 2. The summed E-state index contributed by atoms with van der Waals surface area (Å²) in [7, 11) is 1.89. The molecule has 1 heterocycles. The molecule has 0 aliphatic carbocycles. The lowest BCUT2D eigenvalue weighted by Crippen LogP contribution is -2.25. The van der Waals surface area contributed by atoms with Crippen molar-refractivity contribution in [2.75, 3.05) is 10.6 Å². The Kier molecular flexibility index (Phi) is 8.76. The van der Waals surface area contributed by atoms with Crippen LogP contribution < -0.4 is 10.6 Å². The van der Waals surface area contributed by atoms with Crippen LogP contribution in [0.2, 0.25) is 0 Å². The van der Waals surface area contributed by atoms with Crippen LogP contribution in [0.25, 0.3) is 17.5 Å². The molecule has 1 aromatic heterocycles. The fourth-order valence-corrected chi connectivity index (χ4v) is 4.83. The van der Waals surface area contributed by atoms with Crippen LogP contribution in [0.1, 0.15) is 30.0 Å². The lowest BCUT2D eigenvalue weighted by Gasteiger charge is -2.16. The molecule has 0 fully saturated rings. The number of hydrogen-bond acceptors (Lipinski definition) is 5.